The Morgan fingerprint density at radius 1 is 0.667 bits per heavy atom. The Balaban J connectivity index is 2.94. The van der Waals surface area contributed by atoms with Gasteiger partial charge in [0, 0.05) is 0 Å². The minimum Gasteiger partial charge on any atom is -0.508 e. The van der Waals surface area contributed by atoms with E-state index < -0.39 is 9.84 Å². The smallest absolute Gasteiger partial charge is 0.207 e. The second-order valence-corrected chi connectivity index (χ2v) is 8.30. The first kappa shape index (κ1) is 18.3. The molecule has 0 aliphatic rings. The van der Waals surface area contributed by atoms with Gasteiger partial charge in [0.15, 0.2) is 0 Å². The van der Waals surface area contributed by atoms with Crippen molar-refractivity contribution in [3.8, 4) is 11.5 Å². The van der Waals surface area contributed by atoms with Crippen LogP contribution in [0.15, 0.2) is 15.9 Å². The van der Waals surface area contributed by atoms with Crippen LogP contribution >= 0.6 is 0 Å². The molecule has 0 saturated heterocycles. The average molecular weight is 348 g/mol. The lowest BCUT2D eigenvalue weighted by molar-refractivity contribution is 0.464. The van der Waals surface area contributed by atoms with Crippen molar-refractivity contribution in [1.29, 1.82) is 0 Å². The molecule has 0 saturated carbocycles. The Bertz CT molecular complexity index is 925. The van der Waals surface area contributed by atoms with Crippen LogP contribution in [0.2, 0.25) is 0 Å². The highest BCUT2D eigenvalue weighted by Gasteiger charge is 2.29. The summed E-state index contributed by atoms with van der Waals surface area (Å²) in [6, 6.07) is 1.32. The SMILES string of the molecule is Cc1c(O)cc(S(=O)(=O)c2c(C)c(C)c(O)c(C)c2C)c(C)c1C. The molecule has 0 aromatic heterocycles. The Morgan fingerprint density at radius 3 is 1.58 bits per heavy atom. The maximum absolute atomic E-state index is 13.3. The summed E-state index contributed by atoms with van der Waals surface area (Å²) >= 11 is 0. The van der Waals surface area contributed by atoms with Crippen molar-refractivity contribution in [2.45, 2.75) is 58.3 Å². The lowest BCUT2D eigenvalue weighted by atomic mass is 10.00. The summed E-state index contributed by atoms with van der Waals surface area (Å²) in [5.41, 5.74) is 4.26. The minimum atomic E-state index is -3.83. The highest BCUT2D eigenvalue weighted by atomic mass is 32.2. The normalized spacial score (nSPS) is 11.8. The van der Waals surface area contributed by atoms with Crippen molar-refractivity contribution in [2.24, 2.45) is 0 Å². The highest BCUT2D eigenvalue weighted by Crippen LogP contribution is 2.39. The molecule has 2 rings (SSSR count). The number of phenolic OH excluding ortho intramolecular Hbond substituents is 2. The van der Waals surface area contributed by atoms with Gasteiger partial charge in [-0.1, -0.05) is 0 Å². The van der Waals surface area contributed by atoms with Gasteiger partial charge in [-0.25, -0.2) is 8.42 Å². The summed E-state index contributed by atoms with van der Waals surface area (Å²) < 4.78 is 26.7. The summed E-state index contributed by atoms with van der Waals surface area (Å²) in [7, 11) is -3.83. The fraction of sp³-hybridized carbons (Fsp3) is 0.368. The molecule has 0 aliphatic carbocycles. The average Bonchev–Trinajstić information content (AvgIpc) is 2.52. The van der Waals surface area contributed by atoms with E-state index in [2.05, 4.69) is 0 Å². The Labute approximate surface area is 143 Å². The van der Waals surface area contributed by atoms with Crippen molar-refractivity contribution in [2.75, 3.05) is 0 Å². The van der Waals surface area contributed by atoms with Crippen molar-refractivity contribution >= 4 is 9.84 Å². The maximum Gasteiger partial charge on any atom is 0.207 e. The molecule has 2 aromatic carbocycles. The van der Waals surface area contributed by atoms with E-state index in [-0.39, 0.29) is 21.3 Å². The van der Waals surface area contributed by atoms with Crippen LogP contribution in [0.4, 0.5) is 0 Å². The maximum atomic E-state index is 13.3. The fourth-order valence-electron chi connectivity index (χ4n) is 3.05. The van der Waals surface area contributed by atoms with Gasteiger partial charge in [0.05, 0.1) is 9.79 Å². The zero-order valence-corrected chi connectivity index (χ0v) is 16.0. The summed E-state index contributed by atoms with van der Waals surface area (Å²) in [6.07, 6.45) is 0. The molecule has 5 heteroatoms. The van der Waals surface area contributed by atoms with Crippen LogP contribution in [0, 0.1) is 48.5 Å². The number of sulfone groups is 1. The molecule has 0 spiro atoms. The van der Waals surface area contributed by atoms with Crippen molar-refractivity contribution in [3.63, 3.8) is 0 Å². The fourth-order valence-corrected chi connectivity index (χ4v) is 5.20. The molecule has 0 heterocycles. The van der Waals surface area contributed by atoms with Crippen LogP contribution < -0.4 is 0 Å². The molecule has 0 amide bonds. The molecule has 0 fully saturated rings. The van der Waals surface area contributed by atoms with Gasteiger partial charge in [-0.2, -0.15) is 0 Å². The van der Waals surface area contributed by atoms with Gasteiger partial charge >= 0.3 is 0 Å². The van der Waals surface area contributed by atoms with Gasteiger partial charge in [-0.05, 0) is 93.5 Å². The molecule has 0 radical (unpaired) electrons. The number of hydrogen-bond donors (Lipinski definition) is 2. The molecule has 0 bridgehead atoms. The number of benzene rings is 2. The van der Waals surface area contributed by atoms with E-state index in [0.29, 0.717) is 33.4 Å². The Kier molecular flexibility index (Phi) is 4.44. The number of hydrogen-bond acceptors (Lipinski definition) is 4. The van der Waals surface area contributed by atoms with Crippen molar-refractivity contribution in [3.05, 3.63) is 45.0 Å². The predicted octanol–water partition coefficient (Wildman–Crippen LogP) is 4.09. The molecule has 4 nitrogen and oxygen atoms in total. The number of aromatic hydroxyl groups is 2. The summed E-state index contributed by atoms with van der Waals surface area (Å²) in [4.78, 5) is 0.319. The zero-order valence-electron chi connectivity index (χ0n) is 15.2. The van der Waals surface area contributed by atoms with E-state index in [1.165, 1.54) is 6.07 Å². The van der Waals surface area contributed by atoms with Crippen LogP contribution in [-0.2, 0) is 9.84 Å². The number of rotatable bonds is 2. The lowest BCUT2D eigenvalue weighted by Gasteiger charge is -2.20. The standard InChI is InChI=1S/C19H24O4S/c1-9-10(2)16(20)8-17(11(9)3)24(22,23)19-14(6)12(4)18(21)13(5)15(19)7/h8,20-21H,1-7H3. The van der Waals surface area contributed by atoms with Crippen LogP contribution in [0.25, 0.3) is 0 Å². The van der Waals surface area contributed by atoms with Gasteiger partial charge < -0.3 is 10.2 Å². The van der Waals surface area contributed by atoms with Crippen molar-refractivity contribution in [1.82, 2.24) is 0 Å². The third-order valence-corrected chi connectivity index (χ3v) is 7.37. The number of phenols is 2. The van der Waals surface area contributed by atoms with Gasteiger partial charge in [-0.3, -0.25) is 0 Å². The van der Waals surface area contributed by atoms with Crippen LogP contribution in [-0.4, -0.2) is 18.6 Å². The quantitative estimate of drug-likeness (QED) is 0.857. The van der Waals surface area contributed by atoms with Gasteiger partial charge in [-0.15, -0.1) is 0 Å². The zero-order chi connectivity index (χ0) is 18.6. The molecule has 0 unspecified atom stereocenters. The summed E-state index contributed by atoms with van der Waals surface area (Å²) in [5, 5.41) is 20.3. The van der Waals surface area contributed by atoms with E-state index in [9.17, 15) is 18.6 Å². The molecule has 130 valence electrons. The molecule has 2 aromatic rings. The Morgan fingerprint density at radius 2 is 1.12 bits per heavy atom. The predicted molar refractivity (Wildman–Crippen MR) is 94.8 cm³/mol. The molecule has 2 N–H and O–H groups in total. The summed E-state index contributed by atoms with van der Waals surface area (Å²) in [6.45, 7) is 12.1. The molecular weight excluding hydrogens is 324 g/mol. The first-order valence-electron chi connectivity index (χ1n) is 7.77. The van der Waals surface area contributed by atoms with E-state index >= 15 is 0 Å². The monoisotopic (exact) mass is 348 g/mol. The van der Waals surface area contributed by atoms with E-state index in [1.807, 2.05) is 0 Å². The molecule has 0 atom stereocenters. The minimum absolute atomic E-state index is 0.0285. The second kappa shape index (κ2) is 5.81. The third kappa shape index (κ3) is 2.47. The first-order chi connectivity index (χ1) is 10.9. The van der Waals surface area contributed by atoms with Gasteiger partial charge in [0.1, 0.15) is 11.5 Å². The van der Waals surface area contributed by atoms with E-state index in [1.54, 1.807) is 48.5 Å². The van der Waals surface area contributed by atoms with E-state index in [4.69, 9.17) is 0 Å². The third-order valence-electron chi connectivity index (χ3n) is 5.22. The highest BCUT2D eigenvalue weighted by molar-refractivity contribution is 7.91. The first-order valence-corrected chi connectivity index (χ1v) is 9.25. The Hall–Kier alpha value is -2.01. The van der Waals surface area contributed by atoms with Crippen LogP contribution in [0.5, 0.6) is 11.5 Å². The lowest BCUT2D eigenvalue weighted by Crippen LogP contribution is -2.11. The van der Waals surface area contributed by atoms with Gasteiger partial charge in [0.25, 0.3) is 0 Å². The molecular formula is C19H24O4S. The van der Waals surface area contributed by atoms with E-state index in [0.717, 1.165) is 5.56 Å². The van der Waals surface area contributed by atoms with Crippen LogP contribution in [0.1, 0.15) is 38.9 Å². The topological polar surface area (TPSA) is 74.6 Å². The largest absolute Gasteiger partial charge is 0.508 e. The summed E-state index contributed by atoms with van der Waals surface area (Å²) in [5.74, 6) is 0.0998. The second-order valence-electron chi connectivity index (χ2n) is 6.45. The molecule has 0 aliphatic heterocycles. The van der Waals surface area contributed by atoms with Gasteiger partial charge in [0.2, 0.25) is 9.84 Å². The van der Waals surface area contributed by atoms with Crippen molar-refractivity contribution < 1.29 is 18.6 Å². The molecule has 24 heavy (non-hydrogen) atoms. The van der Waals surface area contributed by atoms with Crippen LogP contribution in [0.3, 0.4) is 0 Å².